The summed E-state index contributed by atoms with van der Waals surface area (Å²) in [4.78, 5) is 12.3. The van der Waals surface area contributed by atoms with Crippen molar-refractivity contribution in [2.24, 2.45) is 0 Å². The summed E-state index contributed by atoms with van der Waals surface area (Å²) in [6, 6.07) is 16.6. The van der Waals surface area contributed by atoms with Gasteiger partial charge in [0, 0.05) is 17.6 Å². The zero-order chi connectivity index (χ0) is 20.1. The molecule has 0 unspecified atom stereocenters. The highest BCUT2D eigenvalue weighted by atomic mass is 32.2. The third-order valence-corrected chi connectivity index (χ3v) is 7.10. The lowest BCUT2D eigenvalue weighted by Gasteiger charge is -2.42. The first-order chi connectivity index (χ1) is 14.1. The van der Waals surface area contributed by atoms with Gasteiger partial charge in [0.15, 0.2) is 4.34 Å². The van der Waals surface area contributed by atoms with Crippen LogP contribution in [0.4, 0.5) is 15.2 Å². The molecule has 5 nitrogen and oxygen atoms in total. The van der Waals surface area contributed by atoms with Crippen molar-refractivity contribution in [3.63, 3.8) is 0 Å². The topological polar surface area (TPSA) is 66.9 Å². The van der Waals surface area contributed by atoms with Gasteiger partial charge in [0.25, 0.3) is 0 Å². The highest BCUT2D eigenvalue weighted by Gasteiger charge is 2.38. The molecule has 150 valence electrons. The predicted octanol–water partition coefficient (Wildman–Crippen LogP) is 4.75. The summed E-state index contributed by atoms with van der Waals surface area (Å²) in [6.07, 6.45) is 3.41. The summed E-state index contributed by atoms with van der Waals surface area (Å²) in [5.41, 5.74) is 1.99. The molecule has 1 heterocycles. The van der Waals surface area contributed by atoms with Gasteiger partial charge in [-0.15, -0.1) is 10.2 Å². The average Bonchev–Trinajstić information content (AvgIpc) is 3.14. The minimum Gasteiger partial charge on any atom is -0.354 e. The summed E-state index contributed by atoms with van der Waals surface area (Å²) in [5.74, 6) is -0.0306. The number of carbonyl (C=O) groups is 1. The second-order valence-electron chi connectivity index (χ2n) is 7.07. The van der Waals surface area contributed by atoms with E-state index in [1.807, 2.05) is 6.07 Å². The number of nitrogens with zero attached hydrogens (tertiary/aromatic N) is 2. The molecule has 1 amide bonds. The van der Waals surface area contributed by atoms with E-state index >= 15 is 0 Å². The number of nitrogens with one attached hydrogen (secondary N) is 2. The Bertz CT molecular complexity index is 976. The Morgan fingerprint density at radius 1 is 1.14 bits per heavy atom. The number of amides is 1. The first kappa shape index (κ1) is 19.8. The molecule has 0 aliphatic heterocycles. The molecule has 0 bridgehead atoms. The highest BCUT2D eigenvalue weighted by molar-refractivity contribution is 8.01. The van der Waals surface area contributed by atoms with Crippen molar-refractivity contribution in [1.82, 2.24) is 15.5 Å². The molecule has 1 aromatic heterocycles. The molecule has 2 N–H and O–H groups in total. The molecule has 2 aromatic carbocycles. The van der Waals surface area contributed by atoms with E-state index < -0.39 is 0 Å². The second-order valence-corrected chi connectivity index (χ2v) is 9.27. The lowest BCUT2D eigenvalue weighted by atomic mass is 9.64. The lowest BCUT2D eigenvalue weighted by Crippen LogP contribution is -2.46. The van der Waals surface area contributed by atoms with E-state index in [4.69, 9.17) is 0 Å². The maximum absolute atomic E-state index is 13.3. The Morgan fingerprint density at radius 3 is 2.69 bits per heavy atom. The molecular weight excluding hydrogens is 407 g/mol. The van der Waals surface area contributed by atoms with Crippen LogP contribution in [-0.4, -0.2) is 28.4 Å². The van der Waals surface area contributed by atoms with Crippen LogP contribution in [0, 0.1) is 5.82 Å². The van der Waals surface area contributed by atoms with Gasteiger partial charge >= 0.3 is 0 Å². The lowest BCUT2D eigenvalue weighted by molar-refractivity contribution is -0.119. The Kier molecular flexibility index (Phi) is 6.10. The molecule has 1 aliphatic carbocycles. The van der Waals surface area contributed by atoms with Crippen LogP contribution in [0.3, 0.4) is 0 Å². The van der Waals surface area contributed by atoms with Gasteiger partial charge in [-0.25, -0.2) is 4.39 Å². The van der Waals surface area contributed by atoms with Crippen LogP contribution in [0.2, 0.25) is 0 Å². The fraction of sp³-hybridized carbons (Fsp3) is 0.286. The first-order valence-electron chi connectivity index (χ1n) is 9.44. The van der Waals surface area contributed by atoms with E-state index in [2.05, 4.69) is 45.1 Å². The standard InChI is InChI=1S/C21H21FN4OS2/c22-16-8-4-9-17(12-16)24-19-25-26-20(29-19)28-13-18(27)23-14-21(10-5-11-21)15-6-2-1-3-7-15/h1-4,6-9,12H,5,10-11,13-14H2,(H,23,27)(H,24,25). The van der Waals surface area contributed by atoms with Crippen molar-refractivity contribution in [3.8, 4) is 0 Å². The van der Waals surface area contributed by atoms with Crippen molar-refractivity contribution in [3.05, 3.63) is 66.0 Å². The monoisotopic (exact) mass is 428 g/mol. The summed E-state index contributed by atoms with van der Waals surface area (Å²) in [5, 5.41) is 14.8. The summed E-state index contributed by atoms with van der Waals surface area (Å²) >= 11 is 2.69. The minimum absolute atomic E-state index is 0.00737. The molecule has 0 saturated heterocycles. The Hall–Kier alpha value is -2.45. The molecule has 4 rings (SSSR count). The van der Waals surface area contributed by atoms with Crippen molar-refractivity contribution in [1.29, 1.82) is 0 Å². The van der Waals surface area contributed by atoms with E-state index in [0.29, 0.717) is 27.5 Å². The number of thioether (sulfide) groups is 1. The third-order valence-electron chi connectivity index (χ3n) is 5.13. The van der Waals surface area contributed by atoms with Gasteiger partial charge in [-0.1, -0.05) is 65.9 Å². The molecule has 29 heavy (non-hydrogen) atoms. The van der Waals surface area contributed by atoms with Crippen LogP contribution < -0.4 is 10.6 Å². The van der Waals surface area contributed by atoms with E-state index in [1.165, 1.54) is 47.2 Å². The van der Waals surface area contributed by atoms with Crippen molar-refractivity contribution >= 4 is 39.8 Å². The van der Waals surface area contributed by atoms with Crippen LogP contribution >= 0.6 is 23.1 Å². The van der Waals surface area contributed by atoms with Crippen LogP contribution in [-0.2, 0) is 10.2 Å². The van der Waals surface area contributed by atoms with Crippen molar-refractivity contribution < 1.29 is 9.18 Å². The maximum atomic E-state index is 13.3. The summed E-state index contributed by atoms with van der Waals surface area (Å²) < 4.78 is 14.0. The van der Waals surface area contributed by atoms with E-state index in [0.717, 1.165) is 12.8 Å². The molecule has 8 heteroatoms. The predicted molar refractivity (Wildman–Crippen MR) is 115 cm³/mol. The quantitative estimate of drug-likeness (QED) is 0.507. The van der Waals surface area contributed by atoms with Crippen LogP contribution in [0.1, 0.15) is 24.8 Å². The smallest absolute Gasteiger partial charge is 0.230 e. The number of carbonyl (C=O) groups excluding carboxylic acids is 1. The number of halogens is 1. The zero-order valence-corrected chi connectivity index (χ0v) is 17.4. The zero-order valence-electron chi connectivity index (χ0n) is 15.7. The fourth-order valence-corrected chi connectivity index (χ4v) is 5.02. The molecule has 3 aromatic rings. The molecule has 0 atom stereocenters. The van der Waals surface area contributed by atoms with Gasteiger partial charge in [-0.3, -0.25) is 4.79 Å². The summed E-state index contributed by atoms with van der Waals surface area (Å²) in [7, 11) is 0. The van der Waals surface area contributed by atoms with E-state index in [9.17, 15) is 9.18 Å². The minimum atomic E-state index is -0.314. The molecule has 1 aliphatic rings. The second kappa shape index (κ2) is 8.92. The van der Waals surface area contributed by atoms with Gasteiger partial charge in [-0.05, 0) is 36.6 Å². The van der Waals surface area contributed by atoms with Gasteiger partial charge in [-0.2, -0.15) is 0 Å². The van der Waals surface area contributed by atoms with Crippen LogP contribution in [0.5, 0.6) is 0 Å². The number of hydrogen-bond donors (Lipinski definition) is 2. The largest absolute Gasteiger partial charge is 0.354 e. The third kappa shape index (κ3) is 4.94. The number of hydrogen-bond acceptors (Lipinski definition) is 6. The van der Waals surface area contributed by atoms with Crippen molar-refractivity contribution in [2.75, 3.05) is 17.6 Å². The normalized spacial score (nSPS) is 14.8. The van der Waals surface area contributed by atoms with Crippen molar-refractivity contribution in [2.45, 2.75) is 29.0 Å². The first-order valence-corrected chi connectivity index (χ1v) is 11.2. The molecule has 1 fully saturated rings. The number of aromatic nitrogens is 2. The highest BCUT2D eigenvalue weighted by Crippen LogP contribution is 2.43. The Balaban J connectivity index is 1.26. The van der Waals surface area contributed by atoms with Gasteiger partial charge in [0.05, 0.1) is 5.75 Å². The summed E-state index contributed by atoms with van der Waals surface area (Å²) in [6.45, 7) is 0.666. The Morgan fingerprint density at radius 2 is 1.97 bits per heavy atom. The fourth-order valence-electron chi connectivity index (χ4n) is 3.42. The van der Waals surface area contributed by atoms with Crippen LogP contribution in [0.25, 0.3) is 0 Å². The average molecular weight is 429 g/mol. The molecule has 0 spiro atoms. The van der Waals surface area contributed by atoms with Gasteiger partial charge in [0.1, 0.15) is 5.82 Å². The molecular formula is C21H21FN4OS2. The van der Waals surface area contributed by atoms with E-state index in [-0.39, 0.29) is 17.1 Å². The van der Waals surface area contributed by atoms with Gasteiger partial charge in [0.2, 0.25) is 11.0 Å². The molecule has 1 saturated carbocycles. The SMILES string of the molecule is O=C(CSc1nnc(Nc2cccc(F)c2)s1)NCC1(c2ccccc2)CCC1. The van der Waals surface area contributed by atoms with Gasteiger partial charge < -0.3 is 10.6 Å². The van der Waals surface area contributed by atoms with Crippen LogP contribution in [0.15, 0.2) is 58.9 Å². The molecule has 0 radical (unpaired) electrons. The maximum Gasteiger partial charge on any atom is 0.230 e. The number of rotatable bonds is 8. The number of anilines is 2. The number of benzene rings is 2. The van der Waals surface area contributed by atoms with E-state index in [1.54, 1.807) is 12.1 Å². The Labute approximate surface area is 177 Å².